The highest BCUT2D eigenvalue weighted by atomic mass is 32.2. The van der Waals surface area contributed by atoms with Gasteiger partial charge in [-0.1, -0.05) is 90.7 Å². The highest BCUT2D eigenvalue weighted by Crippen LogP contribution is 2.41. The van der Waals surface area contributed by atoms with Crippen LogP contribution < -0.4 is 9.47 Å². The van der Waals surface area contributed by atoms with Gasteiger partial charge in [-0.25, -0.2) is 0 Å². The molecule has 1 fully saturated rings. The third-order valence-electron chi connectivity index (χ3n) is 5.57. The van der Waals surface area contributed by atoms with Gasteiger partial charge in [0.1, 0.15) is 10.9 Å². The molecule has 0 spiro atoms. The summed E-state index contributed by atoms with van der Waals surface area (Å²) in [6.07, 6.45) is -5.04. The Bertz CT molecular complexity index is 1380. The fourth-order valence-electron chi connectivity index (χ4n) is 3.75. The van der Waals surface area contributed by atoms with E-state index >= 15 is 0 Å². The van der Waals surface area contributed by atoms with E-state index in [4.69, 9.17) is 26.8 Å². The maximum absolute atomic E-state index is 14.1. The second-order valence-electron chi connectivity index (χ2n) is 8.40. The fraction of sp³-hybridized carbons (Fsp3) is 0.179. The van der Waals surface area contributed by atoms with Crippen LogP contribution >= 0.6 is 24.0 Å². The summed E-state index contributed by atoms with van der Waals surface area (Å²) in [4.78, 5) is 24.8. The van der Waals surface area contributed by atoms with Crippen molar-refractivity contribution in [1.82, 2.24) is 4.90 Å². The quantitative estimate of drug-likeness (QED) is 0.226. The zero-order valence-corrected chi connectivity index (χ0v) is 21.9. The number of thioether (sulfide) groups is 1. The molecule has 4 rings (SSSR count). The highest BCUT2D eigenvalue weighted by molar-refractivity contribution is 8.26. The molecule has 0 radical (unpaired) electrons. The second-order valence-corrected chi connectivity index (χ2v) is 10.1. The van der Waals surface area contributed by atoms with Crippen molar-refractivity contribution in [2.75, 3.05) is 13.2 Å². The van der Waals surface area contributed by atoms with E-state index in [9.17, 15) is 22.8 Å². The van der Waals surface area contributed by atoms with Crippen molar-refractivity contribution >= 4 is 46.3 Å². The van der Waals surface area contributed by atoms with Gasteiger partial charge in [0.05, 0.1) is 11.5 Å². The van der Waals surface area contributed by atoms with Crippen molar-refractivity contribution in [1.29, 1.82) is 0 Å². The summed E-state index contributed by atoms with van der Waals surface area (Å²) in [5.41, 5.74) is 1.27. The van der Waals surface area contributed by atoms with Gasteiger partial charge in [0.15, 0.2) is 11.5 Å². The van der Waals surface area contributed by atoms with Crippen LogP contribution in [0, 0.1) is 0 Å². The average Bonchev–Trinajstić information content (AvgIpc) is 3.15. The predicted octanol–water partition coefficient (Wildman–Crippen LogP) is 6.28. The van der Waals surface area contributed by atoms with Crippen molar-refractivity contribution in [2.24, 2.45) is 0 Å². The molecule has 1 aliphatic rings. The molecule has 3 aromatic rings. The van der Waals surface area contributed by atoms with Crippen LogP contribution in [-0.4, -0.2) is 45.5 Å². The molecule has 11 heteroatoms. The smallest absolute Gasteiger partial charge is 0.429 e. The number of halogens is 3. The van der Waals surface area contributed by atoms with E-state index < -0.39 is 30.7 Å². The third-order valence-corrected chi connectivity index (χ3v) is 6.95. The van der Waals surface area contributed by atoms with E-state index in [1.807, 2.05) is 30.3 Å². The maximum atomic E-state index is 14.1. The van der Waals surface area contributed by atoms with Gasteiger partial charge in [-0.05, 0) is 29.3 Å². The lowest BCUT2D eigenvalue weighted by Gasteiger charge is -2.24. The van der Waals surface area contributed by atoms with Crippen LogP contribution in [0.5, 0.6) is 11.5 Å². The molecule has 6 nitrogen and oxygen atoms in total. The maximum Gasteiger partial charge on any atom is 0.429 e. The Morgan fingerprint density at radius 1 is 1.03 bits per heavy atom. The first-order valence-electron chi connectivity index (χ1n) is 11.7. The fourth-order valence-corrected chi connectivity index (χ4v) is 5.01. The second kappa shape index (κ2) is 12.4. The molecule has 202 valence electrons. The number of rotatable bonds is 10. The predicted molar refractivity (Wildman–Crippen MR) is 145 cm³/mol. The first kappa shape index (κ1) is 28.2. The van der Waals surface area contributed by atoms with Gasteiger partial charge in [0, 0.05) is 12.0 Å². The van der Waals surface area contributed by atoms with Gasteiger partial charge in [0.2, 0.25) is 6.10 Å². The molecule has 1 saturated heterocycles. The van der Waals surface area contributed by atoms with Crippen LogP contribution in [-0.2, 0) is 16.0 Å². The summed E-state index contributed by atoms with van der Waals surface area (Å²) < 4.78 is 53.7. The van der Waals surface area contributed by atoms with Crippen molar-refractivity contribution in [2.45, 2.75) is 18.7 Å². The SMILES string of the molecule is O=C(O)CN1C(=O)C(=Cc2ccc(OCCc3ccccc3)c(OC(c3ccccc3)C(F)(F)F)c2)SC1=S. The summed E-state index contributed by atoms with van der Waals surface area (Å²) in [6, 6.07) is 21.1. The van der Waals surface area contributed by atoms with Crippen LogP contribution in [0.25, 0.3) is 6.08 Å². The van der Waals surface area contributed by atoms with Crippen molar-refractivity contribution in [3.63, 3.8) is 0 Å². The molecule has 0 saturated carbocycles. The number of carboxylic acid groups (broad SMARTS) is 1. The number of hydrogen-bond donors (Lipinski definition) is 1. The molecular formula is C28H22F3NO5S2. The molecule has 0 aliphatic carbocycles. The van der Waals surface area contributed by atoms with Gasteiger partial charge in [-0.3, -0.25) is 14.5 Å². The minimum atomic E-state index is -4.72. The normalized spacial score (nSPS) is 15.5. The number of benzene rings is 3. The van der Waals surface area contributed by atoms with Crippen molar-refractivity contribution in [3.05, 3.63) is 100 Å². The summed E-state index contributed by atoms with van der Waals surface area (Å²) in [5, 5.41) is 9.03. The van der Waals surface area contributed by atoms with Gasteiger partial charge in [-0.15, -0.1) is 0 Å². The number of carbonyl (C=O) groups is 2. The highest BCUT2D eigenvalue weighted by Gasteiger charge is 2.43. The standard InChI is InChI=1S/C28H22F3NO5S2/c29-28(30,31)25(20-9-5-2-6-10-20)37-22-15-19(16-23-26(35)32(17-24(33)34)27(38)39-23)11-12-21(22)36-14-13-18-7-3-1-4-8-18/h1-12,15-16,25H,13-14,17H2,(H,33,34). The minimum absolute atomic E-state index is 0.0761. The van der Waals surface area contributed by atoms with Crippen LogP contribution in [0.3, 0.4) is 0 Å². The molecule has 1 N–H and O–H groups in total. The molecule has 1 aliphatic heterocycles. The van der Waals surface area contributed by atoms with Gasteiger partial charge < -0.3 is 14.6 Å². The number of carboxylic acids is 1. The zero-order valence-electron chi connectivity index (χ0n) is 20.3. The van der Waals surface area contributed by atoms with E-state index in [1.165, 1.54) is 42.5 Å². The minimum Gasteiger partial charge on any atom is -0.489 e. The lowest BCUT2D eigenvalue weighted by atomic mass is 10.1. The number of aliphatic carboxylic acids is 1. The summed E-state index contributed by atoms with van der Waals surface area (Å²) >= 11 is 6.02. The number of hydrogen-bond acceptors (Lipinski definition) is 6. The molecule has 39 heavy (non-hydrogen) atoms. The van der Waals surface area contributed by atoms with Crippen LogP contribution in [0.2, 0.25) is 0 Å². The lowest BCUT2D eigenvalue weighted by Crippen LogP contribution is -2.33. The largest absolute Gasteiger partial charge is 0.489 e. The van der Waals surface area contributed by atoms with Crippen molar-refractivity contribution in [3.8, 4) is 11.5 Å². The molecular weight excluding hydrogens is 551 g/mol. The molecule has 1 unspecified atom stereocenters. The first-order chi connectivity index (χ1) is 18.6. The number of ether oxygens (including phenoxy) is 2. The summed E-state index contributed by atoms with van der Waals surface area (Å²) in [5.74, 6) is -1.88. The summed E-state index contributed by atoms with van der Waals surface area (Å²) in [7, 11) is 0. The number of thiocarbonyl (C=S) groups is 1. The first-order valence-corrected chi connectivity index (χ1v) is 12.9. The van der Waals surface area contributed by atoms with Crippen molar-refractivity contribution < 1.29 is 37.3 Å². The Hall–Kier alpha value is -3.83. The summed E-state index contributed by atoms with van der Waals surface area (Å²) in [6.45, 7) is -0.398. The van der Waals surface area contributed by atoms with Crippen LogP contribution in [0.15, 0.2) is 83.8 Å². The Kier molecular flexibility index (Phi) is 8.93. The van der Waals surface area contributed by atoms with E-state index in [0.717, 1.165) is 22.2 Å². The average molecular weight is 574 g/mol. The third kappa shape index (κ3) is 7.39. The molecule has 3 aromatic carbocycles. The van der Waals surface area contributed by atoms with E-state index in [0.29, 0.717) is 12.0 Å². The molecule has 1 atom stereocenters. The monoisotopic (exact) mass is 573 g/mol. The number of nitrogens with zero attached hydrogens (tertiary/aromatic N) is 1. The van der Waals surface area contributed by atoms with Crippen LogP contribution in [0.4, 0.5) is 13.2 Å². The number of alkyl halides is 3. The Morgan fingerprint density at radius 3 is 2.33 bits per heavy atom. The van der Waals surface area contributed by atoms with E-state index in [2.05, 4.69) is 0 Å². The van der Waals surface area contributed by atoms with E-state index in [-0.39, 0.29) is 32.9 Å². The van der Waals surface area contributed by atoms with Crippen LogP contribution in [0.1, 0.15) is 22.8 Å². The molecule has 0 aromatic heterocycles. The number of carbonyl (C=O) groups excluding carboxylic acids is 1. The molecule has 0 bridgehead atoms. The topological polar surface area (TPSA) is 76.1 Å². The van der Waals surface area contributed by atoms with Gasteiger partial charge >= 0.3 is 12.1 Å². The Morgan fingerprint density at radius 2 is 1.69 bits per heavy atom. The molecule has 1 heterocycles. The van der Waals surface area contributed by atoms with Gasteiger partial charge in [-0.2, -0.15) is 13.2 Å². The zero-order chi connectivity index (χ0) is 28.0. The lowest BCUT2D eigenvalue weighted by molar-refractivity contribution is -0.198. The Balaban J connectivity index is 1.65. The van der Waals surface area contributed by atoms with Gasteiger partial charge in [0.25, 0.3) is 5.91 Å². The molecule has 1 amide bonds. The van der Waals surface area contributed by atoms with E-state index in [1.54, 1.807) is 12.1 Å². The number of amides is 1. The Labute approximate surface area is 232 Å².